The monoisotopic (exact) mass is 258 g/mol. The Morgan fingerprint density at radius 3 is 2.41 bits per heavy atom. The number of hydrogen-bond donors (Lipinski definition) is 1. The van der Waals surface area contributed by atoms with E-state index in [1.165, 1.54) is 4.57 Å². The third kappa shape index (κ3) is 2.80. The summed E-state index contributed by atoms with van der Waals surface area (Å²) in [6.45, 7) is 5.87. The lowest BCUT2D eigenvalue weighted by Gasteiger charge is -2.17. The minimum atomic E-state index is -0.405. The number of aromatic nitrogens is 2. The molecule has 0 aliphatic rings. The number of halogens is 1. The molecule has 4 nitrogen and oxygen atoms in total. The maximum atomic E-state index is 12.2. The highest BCUT2D eigenvalue weighted by Gasteiger charge is 2.17. The van der Waals surface area contributed by atoms with Gasteiger partial charge in [-0.2, -0.15) is 0 Å². The summed E-state index contributed by atoms with van der Waals surface area (Å²) in [5, 5.41) is 0.171. The Kier molecular flexibility index (Phi) is 5.00. The number of H-pyrrole nitrogens is 1. The first-order valence-corrected chi connectivity index (χ1v) is 6.47. The van der Waals surface area contributed by atoms with Crippen LogP contribution in [0.5, 0.6) is 0 Å². The zero-order chi connectivity index (χ0) is 13.0. The molecule has 0 saturated heterocycles. The fraction of sp³-hybridized carbons (Fsp3) is 0.667. The van der Waals surface area contributed by atoms with E-state index in [0.717, 1.165) is 19.3 Å². The Labute approximate surface area is 106 Å². The molecule has 1 aromatic heterocycles. The van der Waals surface area contributed by atoms with E-state index in [-0.39, 0.29) is 16.8 Å². The molecule has 0 aliphatic heterocycles. The van der Waals surface area contributed by atoms with Crippen molar-refractivity contribution in [2.24, 2.45) is 0 Å². The SMILES string of the molecule is CCCC(CC)n1c(=O)[nH]c(Cl)c(CC)c1=O. The molecule has 17 heavy (non-hydrogen) atoms. The van der Waals surface area contributed by atoms with Crippen molar-refractivity contribution in [3.63, 3.8) is 0 Å². The predicted molar refractivity (Wildman–Crippen MR) is 69.9 cm³/mol. The molecule has 1 heterocycles. The van der Waals surface area contributed by atoms with Gasteiger partial charge >= 0.3 is 5.69 Å². The fourth-order valence-corrected chi connectivity index (χ4v) is 2.34. The van der Waals surface area contributed by atoms with Crippen LogP contribution in [0.3, 0.4) is 0 Å². The van der Waals surface area contributed by atoms with Crippen LogP contribution in [0, 0.1) is 0 Å². The van der Waals surface area contributed by atoms with Crippen LogP contribution >= 0.6 is 11.6 Å². The van der Waals surface area contributed by atoms with Crippen molar-refractivity contribution in [3.05, 3.63) is 31.6 Å². The summed E-state index contributed by atoms with van der Waals surface area (Å²) in [6.07, 6.45) is 3.05. The second-order valence-corrected chi connectivity index (χ2v) is 4.48. The van der Waals surface area contributed by atoms with E-state index >= 15 is 0 Å². The van der Waals surface area contributed by atoms with Crippen LogP contribution < -0.4 is 11.2 Å². The van der Waals surface area contributed by atoms with Gasteiger partial charge in [0.15, 0.2) is 0 Å². The van der Waals surface area contributed by atoms with Gasteiger partial charge in [0.1, 0.15) is 5.15 Å². The summed E-state index contributed by atoms with van der Waals surface area (Å²) in [6, 6.07) is -0.0428. The maximum absolute atomic E-state index is 12.2. The lowest BCUT2D eigenvalue weighted by atomic mass is 10.1. The Balaban J connectivity index is 3.42. The Hall–Kier alpha value is -1.03. The summed E-state index contributed by atoms with van der Waals surface area (Å²) < 4.78 is 1.31. The minimum absolute atomic E-state index is 0.0428. The molecule has 0 saturated carbocycles. The van der Waals surface area contributed by atoms with Crippen LogP contribution in [0.25, 0.3) is 0 Å². The van der Waals surface area contributed by atoms with Crippen molar-refractivity contribution < 1.29 is 0 Å². The third-order valence-electron chi connectivity index (χ3n) is 2.99. The molecule has 5 heteroatoms. The van der Waals surface area contributed by atoms with Gasteiger partial charge in [-0.05, 0) is 19.3 Å². The second-order valence-electron chi connectivity index (χ2n) is 4.10. The maximum Gasteiger partial charge on any atom is 0.329 e. The highest BCUT2D eigenvalue weighted by Crippen LogP contribution is 2.15. The second kappa shape index (κ2) is 6.05. The Morgan fingerprint density at radius 1 is 1.29 bits per heavy atom. The molecule has 0 aromatic carbocycles. The van der Waals surface area contributed by atoms with E-state index in [2.05, 4.69) is 4.98 Å². The largest absolute Gasteiger partial charge is 0.329 e. The van der Waals surface area contributed by atoms with Crippen LogP contribution in [0.15, 0.2) is 9.59 Å². The lowest BCUT2D eigenvalue weighted by Crippen LogP contribution is -2.39. The van der Waals surface area contributed by atoms with E-state index in [1.807, 2.05) is 20.8 Å². The van der Waals surface area contributed by atoms with Gasteiger partial charge in [-0.15, -0.1) is 0 Å². The molecule has 1 aromatic rings. The predicted octanol–water partition coefficient (Wildman–Crippen LogP) is 2.50. The first-order chi connectivity index (χ1) is 8.06. The van der Waals surface area contributed by atoms with Crippen molar-refractivity contribution in [3.8, 4) is 0 Å². The van der Waals surface area contributed by atoms with Gasteiger partial charge in [0, 0.05) is 6.04 Å². The van der Waals surface area contributed by atoms with E-state index in [1.54, 1.807) is 0 Å². The summed E-state index contributed by atoms with van der Waals surface area (Å²) in [5.74, 6) is 0. The molecular formula is C12H19ClN2O2. The minimum Gasteiger partial charge on any atom is -0.297 e. The smallest absolute Gasteiger partial charge is 0.297 e. The average molecular weight is 259 g/mol. The van der Waals surface area contributed by atoms with E-state index in [4.69, 9.17) is 11.6 Å². The zero-order valence-electron chi connectivity index (χ0n) is 10.5. The molecule has 0 fully saturated rings. The molecule has 1 unspecified atom stereocenters. The molecule has 0 bridgehead atoms. The number of nitrogens with one attached hydrogen (secondary N) is 1. The van der Waals surface area contributed by atoms with Gasteiger partial charge in [-0.25, -0.2) is 4.79 Å². The van der Waals surface area contributed by atoms with Crippen molar-refractivity contribution in [1.29, 1.82) is 0 Å². The van der Waals surface area contributed by atoms with Gasteiger partial charge in [0.2, 0.25) is 0 Å². The van der Waals surface area contributed by atoms with Crippen molar-refractivity contribution in [2.45, 2.75) is 52.5 Å². The average Bonchev–Trinajstić information content (AvgIpc) is 2.27. The third-order valence-corrected chi connectivity index (χ3v) is 3.31. The van der Waals surface area contributed by atoms with Crippen LogP contribution in [0.1, 0.15) is 51.6 Å². The molecule has 0 aliphatic carbocycles. The van der Waals surface area contributed by atoms with E-state index in [9.17, 15) is 9.59 Å². The number of nitrogens with zero attached hydrogens (tertiary/aromatic N) is 1. The molecule has 0 radical (unpaired) electrons. The standard InChI is InChI=1S/C12H19ClN2O2/c1-4-7-8(5-2)15-11(16)9(6-3)10(13)14-12(15)17/h8H,4-7H2,1-3H3,(H,14,17). The number of aromatic amines is 1. The Morgan fingerprint density at radius 2 is 1.94 bits per heavy atom. The van der Waals surface area contributed by atoms with E-state index < -0.39 is 5.69 Å². The lowest BCUT2D eigenvalue weighted by molar-refractivity contribution is 0.417. The van der Waals surface area contributed by atoms with Crippen molar-refractivity contribution in [1.82, 2.24) is 9.55 Å². The van der Waals surface area contributed by atoms with Gasteiger partial charge < -0.3 is 0 Å². The zero-order valence-corrected chi connectivity index (χ0v) is 11.3. The quantitative estimate of drug-likeness (QED) is 0.825. The number of hydrogen-bond acceptors (Lipinski definition) is 2. The normalized spacial score (nSPS) is 12.7. The molecule has 1 atom stereocenters. The van der Waals surface area contributed by atoms with Crippen LogP contribution in [-0.4, -0.2) is 9.55 Å². The van der Waals surface area contributed by atoms with Crippen LogP contribution in [0.4, 0.5) is 0 Å². The van der Waals surface area contributed by atoms with E-state index in [0.29, 0.717) is 12.0 Å². The van der Waals surface area contributed by atoms with Crippen LogP contribution in [-0.2, 0) is 6.42 Å². The van der Waals surface area contributed by atoms with Crippen molar-refractivity contribution >= 4 is 11.6 Å². The van der Waals surface area contributed by atoms with Gasteiger partial charge in [0.05, 0.1) is 5.56 Å². The molecule has 0 spiro atoms. The molecular weight excluding hydrogens is 240 g/mol. The van der Waals surface area contributed by atoms with Crippen molar-refractivity contribution in [2.75, 3.05) is 0 Å². The molecule has 96 valence electrons. The van der Waals surface area contributed by atoms with Gasteiger partial charge in [-0.1, -0.05) is 38.8 Å². The fourth-order valence-electron chi connectivity index (χ4n) is 2.05. The molecule has 1 N–H and O–H groups in total. The number of rotatable bonds is 5. The highest BCUT2D eigenvalue weighted by molar-refractivity contribution is 6.30. The summed E-state index contributed by atoms with van der Waals surface area (Å²) >= 11 is 5.86. The first-order valence-electron chi connectivity index (χ1n) is 6.09. The first kappa shape index (κ1) is 14.0. The Bertz CT molecular complexity index is 490. The molecule has 0 amide bonds. The summed E-state index contributed by atoms with van der Waals surface area (Å²) in [7, 11) is 0. The van der Waals surface area contributed by atoms with Gasteiger partial charge in [0.25, 0.3) is 5.56 Å². The molecule has 1 rings (SSSR count). The summed E-state index contributed by atoms with van der Waals surface area (Å²) in [5.41, 5.74) is -0.167. The van der Waals surface area contributed by atoms with Crippen LogP contribution in [0.2, 0.25) is 5.15 Å². The summed E-state index contributed by atoms with van der Waals surface area (Å²) in [4.78, 5) is 26.5. The highest BCUT2D eigenvalue weighted by atomic mass is 35.5. The van der Waals surface area contributed by atoms with Gasteiger partial charge in [-0.3, -0.25) is 14.3 Å². The topological polar surface area (TPSA) is 54.9 Å².